The number of quaternary nitrogens is 1. The van der Waals surface area contributed by atoms with Gasteiger partial charge in [-0.05, 0) is 6.42 Å². The summed E-state index contributed by atoms with van der Waals surface area (Å²) in [6, 6.07) is 10.9. The first-order valence-electron chi connectivity index (χ1n) is 5.84. The normalized spacial score (nSPS) is 27.1. The highest BCUT2D eigenvalue weighted by Crippen LogP contribution is 2.23. The van der Waals surface area contributed by atoms with Crippen LogP contribution in [-0.2, 0) is 6.54 Å². The Morgan fingerprint density at radius 3 is 2.73 bits per heavy atom. The van der Waals surface area contributed by atoms with Crippen LogP contribution < -0.4 is 4.81 Å². The minimum absolute atomic E-state index is 0.813. The van der Waals surface area contributed by atoms with E-state index < -0.39 is 0 Å². The zero-order valence-corrected chi connectivity index (χ0v) is 11.4. The van der Waals surface area contributed by atoms with Crippen LogP contribution in [0.4, 0.5) is 0 Å². The topological polar surface area (TPSA) is 4.44 Å². The van der Waals surface area contributed by atoms with Crippen molar-refractivity contribution >= 4 is 27.1 Å². The smallest absolute Gasteiger partial charge is 0.201 e. The molecule has 1 aliphatic heterocycles. The first-order chi connectivity index (χ1) is 7.31. The van der Waals surface area contributed by atoms with Crippen molar-refractivity contribution in [2.75, 3.05) is 6.54 Å². The number of hydrogen-bond acceptors (Lipinski definition) is 0. The van der Waals surface area contributed by atoms with Crippen LogP contribution in [0.15, 0.2) is 30.3 Å². The van der Waals surface area contributed by atoms with E-state index in [4.69, 9.17) is 0 Å². The summed E-state index contributed by atoms with van der Waals surface area (Å²) in [5, 5.41) is 0. The molecular formula is C12H18BIN. The highest BCUT2D eigenvalue weighted by Gasteiger charge is 2.27. The van der Waals surface area contributed by atoms with Crippen LogP contribution in [0.25, 0.3) is 0 Å². The molecule has 1 saturated heterocycles. The fourth-order valence-electron chi connectivity index (χ4n) is 2.44. The molecule has 15 heavy (non-hydrogen) atoms. The van der Waals surface area contributed by atoms with Crippen molar-refractivity contribution in [3.63, 3.8) is 0 Å². The number of benzene rings is 1. The molecule has 0 amide bonds. The van der Waals surface area contributed by atoms with E-state index >= 15 is 0 Å². The standard InChI is InChI=1S/C12H18BIN/c1-2-12-8-9-15(13(12)14)10-11-6-4-3-5-7-11/h3-7,12,15H,2,8-10H2,1H3. The van der Waals surface area contributed by atoms with E-state index in [1.807, 2.05) is 0 Å². The molecule has 2 atom stereocenters. The van der Waals surface area contributed by atoms with Gasteiger partial charge in [-0.15, -0.1) is 5.82 Å². The Morgan fingerprint density at radius 1 is 1.40 bits per heavy atom. The molecule has 1 heterocycles. The molecule has 1 nitrogen and oxygen atoms in total. The molecule has 1 N–H and O–H groups in total. The SMILES string of the molecule is CCC1CC[NH+](Cc2ccccc2)[B-]1I. The van der Waals surface area contributed by atoms with Gasteiger partial charge in [0.25, 0.3) is 0 Å². The largest absolute Gasteiger partial charge is 0.535 e. The van der Waals surface area contributed by atoms with Gasteiger partial charge in [-0.1, -0.05) is 43.7 Å². The van der Waals surface area contributed by atoms with Crippen molar-refractivity contribution in [1.29, 1.82) is 0 Å². The van der Waals surface area contributed by atoms with E-state index in [0.717, 1.165) is 10.5 Å². The average Bonchev–Trinajstić information content (AvgIpc) is 2.62. The lowest BCUT2D eigenvalue weighted by Crippen LogP contribution is -3.13. The Bertz CT molecular complexity index is 304. The van der Waals surface area contributed by atoms with E-state index in [2.05, 4.69) is 59.6 Å². The van der Waals surface area contributed by atoms with Crippen molar-refractivity contribution < 1.29 is 4.81 Å². The highest BCUT2D eigenvalue weighted by molar-refractivity contribution is 14.1. The van der Waals surface area contributed by atoms with Crippen LogP contribution in [0, 0.1) is 0 Å². The van der Waals surface area contributed by atoms with Gasteiger partial charge in [0.05, 0.1) is 6.54 Å². The average molecular weight is 314 g/mol. The summed E-state index contributed by atoms with van der Waals surface area (Å²) in [5.74, 6) is 0.935. The maximum Gasteiger partial charge on any atom is 0.201 e. The monoisotopic (exact) mass is 314 g/mol. The van der Waals surface area contributed by atoms with Gasteiger partial charge in [0.15, 0.2) is 0 Å². The predicted octanol–water partition coefficient (Wildman–Crippen LogP) is 2.18. The molecule has 1 aliphatic rings. The third kappa shape index (κ3) is 2.75. The molecule has 1 radical (unpaired) electrons. The van der Waals surface area contributed by atoms with Crippen molar-refractivity contribution in [3.8, 4) is 0 Å². The molecule has 0 bridgehead atoms. The molecule has 2 rings (SSSR count). The van der Waals surface area contributed by atoms with Crippen LogP contribution in [0.1, 0.15) is 25.3 Å². The molecule has 81 valence electrons. The summed E-state index contributed by atoms with van der Waals surface area (Å²) in [7, 11) is 0. The van der Waals surface area contributed by atoms with Gasteiger partial charge in [-0.3, -0.25) is 0 Å². The molecule has 0 spiro atoms. The molecule has 2 unspecified atom stereocenters. The summed E-state index contributed by atoms with van der Waals surface area (Å²) < 4.78 is 0.813. The minimum Gasteiger partial charge on any atom is -0.535 e. The van der Waals surface area contributed by atoms with E-state index in [1.165, 1.54) is 31.5 Å². The Kier molecular flexibility index (Phi) is 4.09. The van der Waals surface area contributed by atoms with Crippen molar-refractivity contribution in [3.05, 3.63) is 35.9 Å². The summed E-state index contributed by atoms with van der Waals surface area (Å²) >= 11 is 2.65. The van der Waals surface area contributed by atoms with Crippen molar-refractivity contribution in [2.24, 2.45) is 0 Å². The zero-order valence-electron chi connectivity index (χ0n) is 9.25. The first-order valence-corrected chi connectivity index (χ1v) is 7.08. The molecule has 1 aromatic rings. The molecule has 3 heteroatoms. The second-order valence-electron chi connectivity index (χ2n) is 4.43. The fourth-order valence-corrected chi connectivity index (χ4v) is 3.84. The van der Waals surface area contributed by atoms with Crippen LogP contribution in [0.5, 0.6) is 0 Å². The maximum atomic E-state index is 2.65. The van der Waals surface area contributed by atoms with Gasteiger partial charge < -0.3 is 27.2 Å². The number of rotatable bonds is 3. The molecule has 0 aliphatic carbocycles. The minimum atomic E-state index is 0.813. The van der Waals surface area contributed by atoms with Gasteiger partial charge in [-0.2, -0.15) is 0 Å². The van der Waals surface area contributed by atoms with Crippen molar-refractivity contribution in [2.45, 2.75) is 32.1 Å². The second-order valence-corrected chi connectivity index (χ2v) is 5.77. The van der Waals surface area contributed by atoms with Gasteiger partial charge >= 0.3 is 0 Å². The first kappa shape index (κ1) is 11.5. The third-order valence-electron chi connectivity index (χ3n) is 3.44. The zero-order chi connectivity index (χ0) is 10.7. The number of nitrogens with one attached hydrogen (secondary N) is 1. The molecule has 1 fully saturated rings. The van der Waals surface area contributed by atoms with E-state index in [-0.39, 0.29) is 0 Å². The van der Waals surface area contributed by atoms with E-state index in [0.29, 0.717) is 0 Å². The van der Waals surface area contributed by atoms with Gasteiger partial charge in [-0.25, -0.2) is 0 Å². The van der Waals surface area contributed by atoms with Crippen LogP contribution in [-0.4, -0.2) is 11.2 Å². The van der Waals surface area contributed by atoms with E-state index in [9.17, 15) is 0 Å². The highest BCUT2D eigenvalue weighted by atomic mass is 127. The van der Waals surface area contributed by atoms with Gasteiger partial charge in [0, 0.05) is 12.1 Å². The Morgan fingerprint density at radius 2 is 2.13 bits per heavy atom. The summed E-state index contributed by atoms with van der Waals surface area (Å²) in [5.41, 5.74) is 1.48. The fraction of sp³-hybridized carbons (Fsp3) is 0.500. The number of hydrogen-bond donors (Lipinski definition) is 1. The molecule has 1 aromatic carbocycles. The molecule has 0 saturated carbocycles. The quantitative estimate of drug-likeness (QED) is 0.644. The predicted molar refractivity (Wildman–Crippen MR) is 74.4 cm³/mol. The lowest BCUT2D eigenvalue weighted by Gasteiger charge is -2.29. The maximum absolute atomic E-state index is 2.65. The Balaban J connectivity index is 1.96. The number of halogens is 1. The summed E-state index contributed by atoms with van der Waals surface area (Å²) in [6.07, 6.45) is 2.75. The molecule has 0 aromatic heterocycles. The summed E-state index contributed by atoms with van der Waals surface area (Å²) in [4.78, 5) is 1.76. The lowest BCUT2D eigenvalue weighted by atomic mass is 9.74. The lowest BCUT2D eigenvalue weighted by molar-refractivity contribution is -0.794. The molecular weight excluding hydrogens is 296 g/mol. The van der Waals surface area contributed by atoms with Gasteiger partial charge in [0.1, 0.15) is 0 Å². The second kappa shape index (κ2) is 5.35. The Labute approximate surface area is 106 Å². The summed E-state index contributed by atoms with van der Waals surface area (Å²) in [6.45, 7) is 4.87. The van der Waals surface area contributed by atoms with Gasteiger partial charge in [0.2, 0.25) is 4.70 Å². The Hall–Kier alpha value is -0.0251. The van der Waals surface area contributed by atoms with Crippen LogP contribution >= 0.6 is 22.4 Å². The van der Waals surface area contributed by atoms with Crippen LogP contribution in [0.3, 0.4) is 0 Å². The van der Waals surface area contributed by atoms with Crippen molar-refractivity contribution in [1.82, 2.24) is 0 Å². The third-order valence-corrected chi connectivity index (χ3v) is 5.34. The van der Waals surface area contributed by atoms with E-state index in [1.54, 1.807) is 4.81 Å². The van der Waals surface area contributed by atoms with Crippen LogP contribution in [0.2, 0.25) is 5.82 Å².